The second kappa shape index (κ2) is 6.20. The topological polar surface area (TPSA) is 50.4 Å². The molecule has 1 aliphatic rings. The van der Waals surface area contributed by atoms with Gasteiger partial charge in [-0.1, -0.05) is 0 Å². The molecule has 18 heavy (non-hydrogen) atoms. The Labute approximate surface area is 115 Å². The highest BCUT2D eigenvalue weighted by Gasteiger charge is 2.16. The van der Waals surface area contributed by atoms with Gasteiger partial charge < -0.3 is 15.4 Å². The van der Waals surface area contributed by atoms with Gasteiger partial charge in [-0.3, -0.25) is 4.79 Å². The summed E-state index contributed by atoms with van der Waals surface area (Å²) < 4.78 is 5.93. The molecule has 0 radical (unpaired) electrons. The number of carbonyl (C=O) groups is 1. The largest absolute Gasteiger partial charge is 0.496 e. The number of rotatable bonds is 3. The third-order valence-corrected chi connectivity index (χ3v) is 3.67. The van der Waals surface area contributed by atoms with Gasteiger partial charge in [0.15, 0.2) is 0 Å². The Hall–Kier alpha value is -1.07. The zero-order valence-electron chi connectivity index (χ0n) is 10.3. The van der Waals surface area contributed by atoms with Crippen LogP contribution in [0.5, 0.6) is 5.75 Å². The molecular weight excluding hydrogens is 296 g/mol. The SMILES string of the molecule is COc1ccc(C(=O)N[C@@H]2CCCNC2)cc1Br. The number of methoxy groups -OCH3 is 1. The van der Waals surface area contributed by atoms with Crippen molar-refractivity contribution in [3.05, 3.63) is 28.2 Å². The van der Waals surface area contributed by atoms with Crippen molar-refractivity contribution in [2.24, 2.45) is 0 Å². The van der Waals surface area contributed by atoms with Crippen molar-refractivity contribution in [3.63, 3.8) is 0 Å². The Morgan fingerprint density at radius 2 is 2.39 bits per heavy atom. The van der Waals surface area contributed by atoms with Crippen LogP contribution in [-0.2, 0) is 0 Å². The highest BCUT2D eigenvalue weighted by molar-refractivity contribution is 9.10. The fraction of sp³-hybridized carbons (Fsp3) is 0.462. The van der Waals surface area contributed by atoms with Crippen molar-refractivity contribution in [1.82, 2.24) is 10.6 Å². The normalized spacial score (nSPS) is 19.3. The lowest BCUT2D eigenvalue weighted by Crippen LogP contribution is -2.45. The van der Waals surface area contributed by atoms with Crippen molar-refractivity contribution in [1.29, 1.82) is 0 Å². The van der Waals surface area contributed by atoms with E-state index in [-0.39, 0.29) is 11.9 Å². The van der Waals surface area contributed by atoms with Gasteiger partial charge in [0.25, 0.3) is 5.91 Å². The van der Waals surface area contributed by atoms with Crippen LogP contribution in [0.25, 0.3) is 0 Å². The summed E-state index contributed by atoms with van der Waals surface area (Å²) in [7, 11) is 1.60. The average Bonchev–Trinajstić information content (AvgIpc) is 2.39. The lowest BCUT2D eigenvalue weighted by Gasteiger charge is -2.23. The predicted molar refractivity (Wildman–Crippen MR) is 74.1 cm³/mol. The molecule has 0 spiro atoms. The number of ether oxygens (including phenoxy) is 1. The van der Waals surface area contributed by atoms with Crippen LogP contribution in [0.4, 0.5) is 0 Å². The molecule has 1 heterocycles. The Morgan fingerprint density at radius 3 is 3.00 bits per heavy atom. The van der Waals surface area contributed by atoms with E-state index in [1.54, 1.807) is 25.3 Å². The monoisotopic (exact) mass is 312 g/mol. The summed E-state index contributed by atoms with van der Waals surface area (Å²) in [4.78, 5) is 12.1. The van der Waals surface area contributed by atoms with E-state index in [1.807, 2.05) is 0 Å². The van der Waals surface area contributed by atoms with Crippen LogP contribution in [0.2, 0.25) is 0 Å². The van der Waals surface area contributed by atoms with Gasteiger partial charge in [0.2, 0.25) is 0 Å². The number of benzene rings is 1. The van der Waals surface area contributed by atoms with Gasteiger partial charge >= 0.3 is 0 Å². The molecule has 1 atom stereocenters. The summed E-state index contributed by atoms with van der Waals surface area (Å²) >= 11 is 3.38. The second-order valence-electron chi connectivity index (χ2n) is 4.37. The molecule has 98 valence electrons. The minimum absolute atomic E-state index is 0.0351. The molecule has 1 saturated heterocycles. The van der Waals surface area contributed by atoms with E-state index in [2.05, 4.69) is 26.6 Å². The molecule has 2 N–H and O–H groups in total. The quantitative estimate of drug-likeness (QED) is 0.897. The van der Waals surface area contributed by atoms with Crippen molar-refractivity contribution >= 4 is 21.8 Å². The molecule has 0 aliphatic carbocycles. The lowest BCUT2D eigenvalue weighted by molar-refractivity contribution is 0.0930. The summed E-state index contributed by atoms with van der Waals surface area (Å²) in [6.07, 6.45) is 2.15. The van der Waals surface area contributed by atoms with Crippen molar-refractivity contribution in [2.75, 3.05) is 20.2 Å². The number of carbonyl (C=O) groups excluding carboxylic acids is 1. The van der Waals surface area contributed by atoms with Crippen LogP contribution < -0.4 is 15.4 Å². The maximum Gasteiger partial charge on any atom is 0.251 e. The number of piperidine rings is 1. The van der Waals surface area contributed by atoms with E-state index in [0.29, 0.717) is 5.56 Å². The molecule has 1 aliphatic heterocycles. The van der Waals surface area contributed by atoms with Gasteiger partial charge in [-0.15, -0.1) is 0 Å². The van der Waals surface area contributed by atoms with Gasteiger partial charge in [0, 0.05) is 18.2 Å². The van der Waals surface area contributed by atoms with E-state index in [0.717, 1.165) is 36.2 Å². The Kier molecular flexibility index (Phi) is 4.60. The van der Waals surface area contributed by atoms with Crippen LogP contribution in [0.1, 0.15) is 23.2 Å². The lowest BCUT2D eigenvalue weighted by atomic mass is 10.1. The average molecular weight is 313 g/mol. The minimum Gasteiger partial charge on any atom is -0.496 e. The number of hydrogen-bond donors (Lipinski definition) is 2. The maximum atomic E-state index is 12.1. The number of hydrogen-bond acceptors (Lipinski definition) is 3. The molecule has 4 nitrogen and oxygen atoms in total. The van der Waals surface area contributed by atoms with E-state index >= 15 is 0 Å². The summed E-state index contributed by atoms with van der Waals surface area (Å²) in [6, 6.07) is 5.57. The van der Waals surface area contributed by atoms with Crippen molar-refractivity contribution in [2.45, 2.75) is 18.9 Å². The molecule has 1 aromatic carbocycles. The zero-order valence-corrected chi connectivity index (χ0v) is 11.9. The fourth-order valence-corrected chi connectivity index (χ4v) is 2.59. The number of nitrogens with one attached hydrogen (secondary N) is 2. The molecule has 5 heteroatoms. The van der Waals surface area contributed by atoms with E-state index in [4.69, 9.17) is 4.74 Å². The first-order chi connectivity index (χ1) is 8.70. The van der Waals surface area contributed by atoms with Crippen molar-refractivity contribution in [3.8, 4) is 5.75 Å². The molecular formula is C13H17BrN2O2. The Bertz CT molecular complexity index is 431. The third-order valence-electron chi connectivity index (χ3n) is 3.05. The van der Waals surface area contributed by atoms with Crippen molar-refractivity contribution < 1.29 is 9.53 Å². The van der Waals surface area contributed by atoms with Gasteiger partial charge in [0.05, 0.1) is 11.6 Å². The van der Waals surface area contributed by atoms with Crippen LogP contribution in [-0.4, -0.2) is 32.1 Å². The first-order valence-electron chi connectivity index (χ1n) is 6.06. The molecule has 0 unspecified atom stereocenters. The molecule has 0 bridgehead atoms. The van der Waals surface area contributed by atoms with E-state index < -0.39 is 0 Å². The Morgan fingerprint density at radius 1 is 1.56 bits per heavy atom. The first kappa shape index (κ1) is 13.4. The fourth-order valence-electron chi connectivity index (χ4n) is 2.05. The molecule has 1 amide bonds. The molecule has 0 saturated carbocycles. The molecule has 1 aromatic rings. The smallest absolute Gasteiger partial charge is 0.251 e. The standard InChI is InChI=1S/C13H17BrN2O2/c1-18-12-5-4-9(7-11(12)14)13(17)16-10-3-2-6-15-8-10/h4-5,7,10,15H,2-3,6,8H2,1H3,(H,16,17)/t10-/m1/s1. The van der Waals surface area contributed by atoms with E-state index in [1.165, 1.54) is 0 Å². The third kappa shape index (κ3) is 3.23. The molecule has 1 fully saturated rings. The van der Waals surface area contributed by atoms with Crippen LogP contribution in [0, 0.1) is 0 Å². The number of halogens is 1. The van der Waals surface area contributed by atoms with Crippen LogP contribution in [0.15, 0.2) is 22.7 Å². The first-order valence-corrected chi connectivity index (χ1v) is 6.85. The van der Waals surface area contributed by atoms with Gasteiger partial charge in [-0.05, 0) is 53.5 Å². The second-order valence-corrected chi connectivity index (χ2v) is 5.22. The van der Waals surface area contributed by atoms with Crippen LogP contribution in [0.3, 0.4) is 0 Å². The number of amides is 1. The zero-order chi connectivity index (χ0) is 13.0. The summed E-state index contributed by atoms with van der Waals surface area (Å²) in [6.45, 7) is 1.89. The Balaban J connectivity index is 2.01. The summed E-state index contributed by atoms with van der Waals surface area (Å²) in [5.41, 5.74) is 0.647. The van der Waals surface area contributed by atoms with E-state index in [9.17, 15) is 4.79 Å². The van der Waals surface area contributed by atoms with Gasteiger partial charge in [0.1, 0.15) is 5.75 Å². The van der Waals surface area contributed by atoms with Gasteiger partial charge in [-0.25, -0.2) is 0 Å². The highest BCUT2D eigenvalue weighted by Crippen LogP contribution is 2.25. The van der Waals surface area contributed by atoms with Gasteiger partial charge in [-0.2, -0.15) is 0 Å². The molecule has 2 rings (SSSR count). The summed E-state index contributed by atoms with van der Waals surface area (Å²) in [5, 5.41) is 6.31. The molecule has 0 aromatic heterocycles. The summed E-state index contributed by atoms with van der Waals surface area (Å²) in [5.74, 6) is 0.693. The minimum atomic E-state index is -0.0351. The predicted octanol–water partition coefficient (Wildman–Crippen LogP) is 1.94. The van der Waals surface area contributed by atoms with Crippen LogP contribution >= 0.6 is 15.9 Å². The highest BCUT2D eigenvalue weighted by atomic mass is 79.9. The maximum absolute atomic E-state index is 12.1.